The number of halogens is 3. The lowest BCUT2D eigenvalue weighted by Gasteiger charge is -2.33. The van der Waals surface area contributed by atoms with Crippen molar-refractivity contribution in [2.24, 2.45) is 0 Å². The molecule has 1 aromatic heterocycles. The molecule has 1 aliphatic rings. The highest BCUT2D eigenvalue weighted by Gasteiger charge is 2.31. The molecule has 4 rings (SSSR count). The third kappa shape index (κ3) is 4.69. The predicted molar refractivity (Wildman–Crippen MR) is 121 cm³/mol. The number of aromatic nitrogens is 2. The Labute approximate surface area is 190 Å². The van der Waals surface area contributed by atoms with E-state index in [0.717, 1.165) is 34.8 Å². The summed E-state index contributed by atoms with van der Waals surface area (Å²) < 4.78 is 38.6. The van der Waals surface area contributed by atoms with Gasteiger partial charge >= 0.3 is 6.18 Å². The predicted octanol–water partition coefficient (Wildman–Crippen LogP) is 5.21. The normalized spacial score (nSPS) is 13.7. The monoisotopic (exact) mass is 454 g/mol. The third-order valence-corrected chi connectivity index (χ3v) is 5.93. The van der Waals surface area contributed by atoms with Crippen LogP contribution < -0.4 is 4.90 Å². The molecule has 1 aliphatic heterocycles. The summed E-state index contributed by atoms with van der Waals surface area (Å²) in [5.41, 5.74) is 2.14. The van der Waals surface area contributed by atoms with E-state index in [9.17, 15) is 18.0 Å². The first kappa shape index (κ1) is 22.8. The van der Waals surface area contributed by atoms with Gasteiger partial charge in [-0.25, -0.2) is 9.97 Å². The fourth-order valence-electron chi connectivity index (χ4n) is 3.81. The number of nitrogens with zero attached hydrogens (tertiary/aromatic N) is 4. The standard InChI is InChI=1S/C25H25F3N4O/c1-16(2)31(3)23-20-15-32(24(33)18-9-11-19(12-10-18)25(26,27)28)14-13-21(20)29-22(30-23)17-7-5-4-6-8-17/h4-12,16H,13-15H2,1-3H3. The second-order valence-corrected chi connectivity index (χ2v) is 8.42. The van der Waals surface area contributed by atoms with Crippen molar-refractivity contribution in [3.8, 4) is 11.4 Å². The number of carbonyl (C=O) groups excluding carboxylic acids is 1. The van der Waals surface area contributed by atoms with E-state index >= 15 is 0 Å². The van der Waals surface area contributed by atoms with E-state index in [0.29, 0.717) is 25.3 Å². The highest BCUT2D eigenvalue weighted by atomic mass is 19.4. The van der Waals surface area contributed by atoms with E-state index in [1.165, 1.54) is 12.1 Å². The van der Waals surface area contributed by atoms with E-state index in [1.54, 1.807) is 4.90 Å². The van der Waals surface area contributed by atoms with Crippen molar-refractivity contribution in [2.75, 3.05) is 18.5 Å². The summed E-state index contributed by atoms with van der Waals surface area (Å²) in [6.45, 7) is 4.86. The molecule has 1 amide bonds. The van der Waals surface area contributed by atoms with Crippen molar-refractivity contribution in [3.05, 3.63) is 77.0 Å². The Morgan fingerprint density at radius 1 is 1.03 bits per heavy atom. The summed E-state index contributed by atoms with van der Waals surface area (Å²) >= 11 is 0. The molecule has 172 valence electrons. The highest BCUT2D eigenvalue weighted by molar-refractivity contribution is 5.94. The summed E-state index contributed by atoms with van der Waals surface area (Å²) in [6, 6.07) is 14.3. The van der Waals surface area contributed by atoms with Crippen LogP contribution in [0.15, 0.2) is 54.6 Å². The van der Waals surface area contributed by atoms with Crippen molar-refractivity contribution in [1.82, 2.24) is 14.9 Å². The van der Waals surface area contributed by atoms with Gasteiger partial charge in [-0.2, -0.15) is 13.2 Å². The second-order valence-electron chi connectivity index (χ2n) is 8.42. The van der Waals surface area contributed by atoms with Crippen molar-refractivity contribution in [1.29, 1.82) is 0 Å². The Balaban J connectivity index is 1.67. The quantitative estimate of drug-likeness (QED) is 0.543. The van der Waals surface area contributed by atoms with E-state index in [2.05, 4.69) is 18.7 Å². The van der Waals surface area contributed by atoms with Crippen LogP contribution in [0.1, 0.15) is 41.0 Å². The first-order chi connectivity index (χ1) is 15.6. The van der Waals surface area contributed by atoms with Crippen molar-refractivity contribution in [3.63, 3.8) is 0 Å². The summed E-state index contributed by atoms with van der Waals surface area (Å²) in [7, 11) is 1.96. The Morgan fingerprint density at radius 3 is 2.30 bits per heavy atom. The van der Waals surface area contributed by atoms with Crippen LogP contribution in [0.3, 0.4) is 0 Å². The minimum absolute atomic E-state index is 0.175. The maximum absolute atomic E-state index is 13.1. The maximum Gasteiger partial charge on any atom is 0.416 e. The Bertz CT molecular complexity index is 1140. The lowest BCUT2D eigenvalue weighted by Crippen LogP contribution is -2.38. The van der Waals surface area contributed by atoms with Gasteiger partial charge in [0, 0.05) is 42.7 Å². The number of hydrogen-bond donors (Lipinski definition) is 0. The molecule has 0 bridgehead atoms. The van der Waals surface area contributed by atoms with Crippen LogP contribution in [0.2, 0.25) is 0 Å². The lowest BCUT2D eigenvalue weighted by atomic mass is 10.0. The van der Waals surface area contributed by atoms with E-state index < -0.39 is 11.7 Å². The topological polar surface area (TPSA) is 49.3 Å². The van der Waals surface area contributed by atoms with Gasteiger partial charge in [-0.3, -0.25) is 4.79 Å². The Kier molecular flexibility index (Phi) is 6.10. The molecule has 2 heterocycles. The van der Waals surface area contributed by atoms with Crippen LogP contribution in [0.4, 0.5) is 19.0 Å². The van der Waals surface area contributed by atoms with Gasteiger partial charge < -0.3 is 9.80 Å². The zero-order valence-corrected chi connectivity index (χ0v) is 18.7. The summed E-state index contributed by atoms with van der Waals surface area (Å²) in [5, 5.41) is 0. The molecule has 0 N–H and O–H groups in total. The number of alkyl halides is 3. The maximum atomic E-state index is 13.1. The number of hydrogen-bond acceptors (Lipinski definition) is 4. The van der Waals surface area contributed by atoms with Crippen molar-refractivity contribution < 1.29 is 18.0 Å². The van der Waals surface area contributed by atoms with Crippen LogP contribution in [-0.2, 0) is 19.1 Å². The fraction of sp³-hybridized carbons (Fsp3) is 0.320. The zero-order valence-electron chi connectivity index (χ0n) is 18.7. The van der Waals surface area contributed by atoms with Gasteiger partial charge in [-0.15, -0.1) is 0 Å². The number of anilines is 1. The molecule has 0 unspecified atom stereocenters. The first-order valence-electron chi connectivity index (χ1n) is 10.8. The number of fused-ring (bicyclic) bond motifs is 1. The molecular weight excluding hydrogens is 429 g/mol. The van der Waals surface area contributed by atoms with Gasteiger partial charge in [0.15, 0.2) is 5.82 Å². The number of amides is 1. The molecule has 0 radical (unpaired) electrons. The van der Waals surface area contributed by atoms with E-state index in [4.69, 9.17) is 9.97 Å². The number of rotatable bonds is 4. The SMILES string of the molecule is CC(C)N(C)c1nc(-c2ccccc2)nc2c1CN(C(=O)c1ccc(C(F)(F)F)cc1)CC2. The molecular formula is C25H25F3N4O. The van der Waals surface area contributed by atoms with Gasteiger partial charge in [-0.05, 0) is 38.1 Å². The third-order valence-electron chi connectivity index (χ3n) is 5.93. The van der Waals surface area contributed by atoms with Crippen LogP contribution in [0, 0.1) is 0 Å². The van der Waals surface area contributed by atoms with Gasteiger partial charge in [0.25, 0.3) is 5.91 Å². The fourth-order valence-corrected chi connectivity index (χ4v) is 3.81. The van der Waals surface area contributed by atoms with E-state index in [1.807, 2.05) is 37.4 Å². The van der Waals surface area contributed by atoms with Crippen molar-refractivity contribution >= 4 is 11.7 Å². The first-order valence-corrected chi connectivity index (χ1v) is 10.8. The number of benzene rings is 2. The van der Waals surface area contributed by atoms with Crippen molar-refractivity contribution in [2.45, 2.75) is 39.0 Å². The molecule has 8 heteroatoms. The average Bonchev–Trinajstić information content (AvgIpc) is 2.82. The molecule has 3 aromatic rings. The van der Waals surface area contributed by atoms with Crippen LogP contribution >= 0.6 is 0 Å². The molecule has 33 heavy (non-hydrogen) atoms. The number of carbonyl (C=O) groups is 1. The second kappa shape index (κ2) is 8.84. The zero-order chi connectivity index (χ0) is 23.8. The molecule has 0 saturated carbocycles. The summed E-state index contributed by atoms with van der Waals surface area (Å²) in [4.78, 5) is 26.4. The van der Waals surface area contributed by atoms with Crippen LogP contribution in [0.25, 0.3) is 11.4 Å². The Morgan fingerprint density at radius 2 is 1.70 bits per heavy atom. The largest absolute Gasteiger partial charge is 0.416 e. The molecule has 2 aromatic carbocycles. The Hall–Kier alpha value is -3.42. The van der Waals surface area contributed by atoms with Gasteiger partial charge in [0.2, 0.25) is 0 Å². The summed E-state index contributed by atoms with van der Waals surface area (Å²) in [6.07, 6.45) is -3.89. The van der Waals surface area contributed by atoms with Crippen LogP contribution in [0.5, 0.6) is 0 Å². The summed E-state index contributed by atoms with van der Waals surface area (Å²) in [5.74, 6) is 1.10. The molecule has 0 aliphatic carbocycles. The minimum Gasteiger partial charge on any atom is -0.357 e. The highest BCUT2D eigenvalue weighted by Crippen LogP contribution is 2.32. The minimum atomic E-state index is -4.43. The molecule has 0 saturated heterocycles. The molecule has 0 fully saturated rings. The van der Waals surface area contributed by atoms with Crippen LogP contribution in [-0.4, -0.2) is 40.4 Å². The van der Waals surface area contributed by atoms with Gasteiger partial charge in [-0.1, -0.05) is 30.3 Å². The average molecular weight is 454 g/mol. The molecule has 5 nitrogen and oxygen atoms in total. The molecule has 0 atom stereocenters. The lowest BCUT2D eigenvalue weighted by molar-refractivity contribution is -0.137. The van der Waals surface area contributed by atoms with E-state index in [-0.39, 0.29) is 17.5 Å². The van der Waals surface area contributed by atoms with Gasteiger partial charge in [0.05, 0.1) is 17.8 Å². The smallest absolute Gasteiger partial charge is 0.357 e. The van der Waals surface area contributed by atoms with Gasteiger partial charge in [0.1, 0.15) is 5.82 Å². The molecule has 0 spiro atoms.